The van der Waals surface area contributed by atoms with Gasteiger partial charge in [-0.1, -0.05) is 54.6 Å². The van der Waals surface area contributed by atoms with Gasteiger partial charge in [0.2, 0.25) is 0 Å². The van der Waals surface area contributed by atoms with Crippen LogP contribution in [0.3, 0.4) is 0 Å². The van der Waals surface area contributed by atoms with Crippen molar-refractivity contribution in [2.75, 3.05) is 0 Å². The van der Waals surface area contributed by atoms with Crippen LogP contribution in [0.4, 0.5) is 0 Å². The van der Waals surface area contributed by atoms with Crippen molar-refractivity contribution in [3.05, 3.63) is 71.3 Å². The summed E-state index contributed by atoms with van der Waals surface area (Å²) in [5, 5.41) is 10.8. The minimum Gasteiger partial charge on any atom is -0.372 e. The zero-order valence-electron chi connectivity index (χ0n) is 11.6. The molecule has 4 heteroatoms. The van der Waals surface area contributed by atoms with Crippen molar-refractivity contribution in [2.45, 2.75) is 24.0 Å². The molecular weight excluding hydrogens is 264 g/mol. The van der Waals surface area contributed by atoms with Crippen LogP contribution in [0.5, 0.6) is 0 Å². The Morgan fingerprint density at radius 3 is 2.00 bits per heavy atom. The zero-order chi connectivity index (χ0) is 15.1. The van der Waals surface area contributed by atoms with E-state index in [4.69, 9.17) is 11.5 Å². The fourth-order valence-electron chi connectivity index (χ4n) is 2.60. The minimum atomic E-state index is -1.83. The minimum absolute atomic E-state index is 0.240. The van der Waals surface area contributed by atoms with E-state index in [1.165, 1.54) is 0 Å². The van der Waals surface area contributed by atoms with Crippen LogP contribution in [0.15, 0.2) is 54.6 Å². The number of carbonyl (C=O) groups is 1. The van der Waals surface area contributed by atoms with Gasteiger partial charge in [0.15, 0.2) is 5.60 Å². The molecule has 21 heavy (non-hydrogen) atoms. The Kier molecular flexibility index (Phi) is 3.08. The summed E-state index contributed by atoms with van der Waals surface area (Å²) < 4.78 is 0. The summed E-state index contributed by atoms with van der Waals surface area (Å²) in [6, 6.07) is 15.9. The molecule has 4 nitrogen and oxygen atoms in total. The van der Waals surface area contributed by atoms with E-state index in [2.05, 4.69) is 0 Å². The van der Waals surface area contributed by atoms with Gasteiger partial charge >= 0.3 is 0 Å². The Morgan fingerprint density at radius 1 is 1.00 bits per heavy atom. The molecule has 1 aliphatic rings. The van der Waals surface area contributed by atoms with Gasteiger partial charge < -0.3 is 16.6 Å². The largest absolute Gasteiger partial charge is 0.372 e. The third-order valence-electron chi connectivity index (χ3n) is 4.21. The second-order valence-corrected chi connectivity index (χ2v) is 5.67. The Bertz CT molecular complexity index is 663. The highest BCUT2D eigenvalue weighted by Crippen LogP contribution is 2.43. The summed E-state index contributed by atoms with van der Waals surface area (Å²) >= 11 is 0. The molecule has 108 valence electrons. The van der Waals surface area contributed by atoms with E-state index in [0.717, 1.165) is 18.4 Å². The van der Waals surface area contributed by atoms with Gasteiger partial charge in [-0.3, -0.25) is 4.79 Å². The lowest BCUT2D eigenvalue weighted by Crippen LogP contribution is -2.42. The Hall–Kier alpha value is -2.17. The molecule has 0 heterocycles. The molecule has 0 aromatic heterocycles. The van der Waals surface area contributed by atoms with Crippen LogP contribution in [0.2, 0.25) is 0 Å². The van der Waals surface area contributed by atoms with E-state index in [1.807, 2.05) is 18.2 Å². The van der Waals surface area contributed by atoms with Gasteiger partial charge in [0.25, 0.3) is 5.91 Å². The molecule has 1 saturated carbocycles. The molecular formula is C17H18N2O2. The summed E-state index contributed by atoms with van der Waals surface area (Å²) in [7, 11) is 0. The topological polar surface area (TPSA) is 89.3 Å². The van der Waals surface area contributed by atoms with E-state index >= 15 is 0 Å². The SMILES string of the molecule is NC(=O)C(O)(c1ccccc1)c1ccc(C2(N)CC2)cc1. The lowest BCUT2D eigenvalue weighted by Gasteiger charge is -2.26. The van der Waals surface area contributed by atoms with E-state index in [-0.39, 0.29) is 5.54 Å². The van der Waals surface area contributed by atoms with Gasteiger partial charge in [0, 0.05) is 5.54 Å². The molecule has 5 N–H and O–H groups in total. The highest BCUT2D eigenvalue weighted by atomic mass is 16.3. The van der Waals surface area contributed by atoms with Gasteiger partial charge in [0.1, 0.15) is 0 Å². The van der Waals surface area contributed by atoms with E-state index < -0.39 is 11.5 Å². The number of nitrogens with two attached hydrogens (primary N) is 2. The third kappa shape index (κ3) is 2.22. The molecule has 1 amide bonds. The number of aliphatic hydroxyl groups is 1. The van der Waals surface area contributed by atoms with Gasteiger partial charge in [-0.05, 0) is 29.5 Å². The summed E-state index contributed by atoms with van der Waals surface area (Å²) in [4.78, 5) is 11.9. The van der Waals surface area contributed by atoms with Crippen LogP contribution in [0.1, 0.15) is 29.5 Å². The van der Waals surface area contributed by atoms with E-state index in [0.29, 0.717) is 11.1 Å². The summed E-state index contributed by atoms with van der Waals surface area (Å²) in [5.74, 6) is -0.796. The van der Waals surface area contributed by atoms with Crippen LogP contribution < -0.4 is 11.5 Å². The third-order valence-corrected chi connectivity index (χ3v) is 4.21. The lowest BCUT2D eigenvalue weighted by molar-refractivity contribution is -0.133. The number of primary amides is 1. The predicted molar refractivity (Wildman–Crippen MR) is 80.2 cm³/mol. The maximum absolute atomic E-state index is 11.9. The van der Waals surface area contributed by atoms with Crippen molar-refractivity contribution < 1.29 is 9.90 Å². The molecule has 2 aromatic rings. The van der Waals surface area contributed by atoms with Crippen molar-refractivity contribution in [2.24, 2.45) is 11.5 Å². The maximum atomic E-state index is 11.9. The maximum Gasteiger partial charge on any atom is 0.258 e. The van der Waals surface area contributed by atoms with Crippen molar-refractivity contribution in [3.8, 4) is 0 Å². The first-order valence-electron chi connectivity index (χ1n) is 6.94. The number of carbonyl (C=O) groups excluding carboxylic acids is 1. The molecule has 0 saturated heterocycles. The van der Waals surface area contributed by atoms with E-state index in [1.54, 1.807) is 36.4 Å². The lowest BCUT2D eigenvalue weighted by atomic mass is 9.85. The number of benzene rings is 2. The van der Waals surface area contributed by atoms with Gasteiger partial charge in [0.05, 0.1) is 0 Å². The second kappa shape index (κ2) is 4.69. The molecule has 1 aliphatic carbocycles. The molecule has 1 unspecified atom stereocenters. The second-order valence-electron chi connectivity index (χ2n) is 5.67. The first kappa shape index (κ1) is 13.8. The fourth-order valence-corrected chi connectivity index (χ4v) is 2.60. The molecule has 0 radical (unpaired) electrons. The molecule has 2 aromatic carbocycles. The van der Waals surface area contributed by atoms with Crippen LogP contribution in [0.25, 0.3) is 0 Å². The van der Waals surface area contributed by atoms with Crippen LogP contribution in [-0.4, -0.2) is 11.0 Å². The highest BCUT2D eigenvalue weighted by Gasteiger charge is 2.41. The number of amides is 1. The number of hydrogen-bond acceptors (Lipinski definition) is 3. The average molecular weight is 282 g/mol. The zero-order valence-corrected chi connectivity index (χ0v) is 11.6. The molecule has 1 fully saturated rings. The van der Waals surface area contributed by atoms with Crippen LogP contribution in [0, 0.1) is 0 Å². The van der Waals surface area contributed by atoms with Crippen molar-refractivity contribution in [1.29, 1.82) is 0 Å². The first-order valence-corrected chi connectivity index (χ1v) is 6.94. The van der Waals surface area contributed by atoms with Crippen molar-refractivity contribution in [3.63, 3.8) is 0 Å². The van der Waals surface area contributed by atoms with Crippen LogP contribution in [-0.2, 0) is 15.9 Å². The van der Waals surface area contributed by atoms with E-state index in [9.17, 15) is 9.90 Å². The molecule has 0 aliphatic heterocycles. The molecule has 1 atom stereocenters. The normalized spacial score (nSPS) is 18.8. The molecule has 0 bridgehead atoms. The van der Waals surface area contributed by atoms with Crippen molar-refractivity contribution in [1.82, 2.24) is 0 Å². The standard InChI is InChI=1S/C17H18N2O2/c18-15(20)17(21,13-4-2-1-3-5-13)14-8-6-12(7-9-14)16(19)10-11-16/h1-9,21H,10-11,19H2,(H2,18,20). The smallest absolute Gasteiger partial charge is 0.258 e. The summed E-state index contributed by atoms with van der Waals surface area (Å²) in [5.41, 5.74) is 11.5. The Morgan fingerprint density at radius 2 is 1.52 bits per heavy atom. The van der Waals surface area contributed by atoms with Gasteiger partial charge in [-0.25, -0.2) is 0 Å². The van der Waals surface area contributed by atoms with Crippen LogP contribution >= 0.6 is 0 Å². The monoisotopic (exact) mass is 282 g/mol. The quantitative estimate of drug-likeness (QED) is 0.791. The first-order chi connectivity index (χ1) is 9.97. The fraction of sp³-hybridized carbons (Fsp3) is 0.235. The van der Waals surface area contributed by atoms with Gasteiger partial charge in [-0.15, -0.1) is 0 Å². The summed E-state index contributed by atoms with van der Waals surface area (Å²) in [6.07, 6.45) is 1.93. The number of rotatable bonds is 4. The molecule has 3 rings (SSSR count). The highest BCUT2D eigenvalue weighted by molar-refractivity contribution is 5.88. The summed E-state index contributed by atoms with van der Waals surface area (Å²) in [6.45, 7) is 0. The Labute approximate surface area is 123 Å². The Balaban J connectivity index is 2.04. The van der Waals surface area contributed by atoms with Crippen molar-refractivity contribution >= 4 is 5.91 Å². The average Bonchev–Trinajstić information content (AvgIpc) is 3.26. The molecule has 0 spiro atoms. The number of hydrogen-bond donors (Lipinski definition) is 3. The van der Waals surface area contributed by atoms with Gasteiger partial charge in [-0.2, -0.15) is 0 Å². The predicted octanol–water partition coefficient (Wildman–Crippen LogP) is 1.36.